The van der Waals surface area contributed by atoms with E-state index in [2.05, 4.69) is 16.4 Å². The number of amides is 2. The van der Waals surface area contributed by atoms with Crippen LogP contribution in [0.3, 0.4) is 0 Å². The minimum atomic E-state index is -0.344. The normalized spacial score (nSPS) is 18.5. The molecule has 7 heteroatoms. The van der Waals surface area contributed by atoms with Crippen LogP contribution in [-0.4, -0.2) is 23.8 Å². The maximum Gasteiger partial charge on any atom is 0.341 e. The second kappa shape index (κ2) is 7.86. The van der Waals surface area contributed by atoms with Crippen molar-refractivity contribution in [2.45, 2.75) is 18.9 Å². The third-order valence-corrected chi connectivity index (χ3v) is 5.84. The topological polar surface area (TPSA) is 87.4 Å². The standard InChI is InChI=1S/C22H18N4O2S/c1-13-19(20(26-22(27)24-13)16-7-9-17(28-2)10-8-16)21-25-18(12-29-21)15-5-3-14(11-23)4-6-15/h3-10,12,19-20H,1-2H3,(H,26,27). The Hall–Kier alpha value is -3.50. The Labute approximate surface area is 172 Å². The minimum Gasteiger partial charge on any atom is -0.497 e. The molecule has 0 saturated heterocycles. The van der Waals surface area contributed by atoms with Gasteiger partial charge < -0.3 is 10.1 Å². The molecule has 2 atom stereocenters. The molecule has 1 N–H and O–H groups in total. The lowest BCUT2D eigenvalue weighted by Gasteiger charge is -2.30. The fourth-order valence-corrected chi connectivity index (χ4v) is 4.43. The molecule has 29 heavy (non-hydrogen) atoms. The molecule has 0 bridgehead atoms. The summed E-state index contributed by atoms with van der Waals surface area (Å²) in [5.74, 6) is 0.605. The van der Waals surface area contributed by atoms with Crippen LogP contribution >= 0.6 is 11.3 Å². The summed E-state index contributed by atoms with van der Waals surface area (Å²) in [6.07, 6.45) is 0. The van der Waals surface area contributed by atoms with E-state index in [1.54, 1.807) is 19.2 Å². The van der Waals surface area contributed by atoms with Crippen LogP contribution in [-0.2, 0) is 0 Å². The summed E-state index contributed by atoms with van der Waals surface area (Å²) < 4.78 is 5.24. The number of carbonyl (C=O) groups is 1. The van der Waals surface area contributed by atoms with E-state index in [9.17, 15) is 4.79 Å². The number of aliphatic imine (C=N–C) groups is 1. The third-order valence-electron chi connectivity index (χ3n) is 4.91. The van der Waals surface area contributed by atoms with Gasteiger partial charge in [0.15, 0.2) is 0 Å². The van der Waals surface area contributed by atoms with Gasteiger partial charge >= 0.3 is 6.03 Å². The molecule has 2 heterocycles. The second-order valence-electron chi connectivity index (χ2n) is 6.69. The number of benzene rings is 2. The molecule has 1 aliphatic heterocycles. The summed E-state index contributed by atoms with van der Waals surface area (Å²) >= 11 is 1.54. The Morgan fingerprint density at radius 2 is 1.86 bits per heavy atom. The monoisotopic (exact) mass is 402 g/mol. The van der Waals surface area contributed by atoms with E-state index in [1.807, 2.05) is 48.7 Å². The predicted molar refractivity (Wildman–Crippen MR) is 112 cm³/mol. The summed E-state index contributed by atoms with van der Waals surface area (Å²) in [4.78, 5) is 21.0. The molecule has 2 unspecified atom stereocenters. The maximum absolute atomic E-state index is 12.1. The first-order chi connectivity index (χ1) is 14.1. The quantitative estimate of drug-likeness (QED) is 0.685. The summed E-state index contributed by atoms with van der Waals surface area (Å²) in [7, 11) is 1.62. The van der Waals surface area contributed by atoms with Crippen molar-refractivity contribution in [3.8, 4) is 23.1 Å². The van der Waals surface area contributed by atoms with Gasteiger partial charge in [0.25, 0.3) is 0 Å². The number of rotatable bonds is 4. The lowest BCUT2D eigenvalue weighted by atomic mass is 9.88. The van der Waals surface area contributed by atoms with Crippen LogP contribution in [0, 0.1) is 11.3 Å². The van der Waals surface area contributed by atoms with Crippen molar-refractivity contribution >= 4 is 23.1 Å². The zero-order chi connectivity index (χ0) is 20.4. The number of nitriles is 1. The molecule has 1 aliphatic rings. The smallest absolute Gasteiger partial charge is 0.341 e. The number of urea groups is 1. The van der Waals surface area contributed by atoms with Gasteiger partial charge in [-0.1, -0.05) is 24.3 Å². The zero-order valence-electron chi connectivity index (χ0n) is 15.9. The molecular formula is C22H18N4O2S. The van der Waals surface area contributed by atoms with Crippen molar-refractivity contribution in [2.75, 3.05) is 7.11 Å². The average Bonchev–Trinajstić information content (AvgIpc) is 3.23. The fraction of sp³-hybridized carbons (Fsp3) is 0.182. The van der Waals surface area contributed by atoms with Gasteiger partial charge in [-0.15, -0.1) is 11.3 Å². The van der Waals surface area contributed by atoms with E-state index in [4.69, 9.17) is 15.0 Å². The Morgan fingerprint density at radius 1 is 1.14 bits per heavy atom. The minimum absolute atomic E-state index is 0.154. The molecule has 4 rings (SSSR count). The van der Waals surface area contributed by atoms with Crippen molar-refractivity contribution in [3.63, 3.8) is 0 Å². The Kier molecular flexibility index (Phi) is 5.10. The van der Waals surface area contributed by atoms with Crippen LogP contribution in [0.15, 0.2) is 58.9 Å². The molecule has 3 aromatic rings. The van der Waals surface area contributed by atoms with E-state index in [-0.39, 0.29) is 18.0 Å². The zero-order valence-corrected chi connectivity index (χ0v) is 16.7. The molecule has 2 aromatic carbocycles. The van der Waals surface area contributed by atoms with Crippen LogP contribution in [0.25, 0.3) is 11.3 Å². The number of nitrogens with zero attached hydrogens (tertiary/aromatic N) is 3. The molecule has 0 radical (unpaired) electrons. The summed E-state index contributed by atoms with van der Waals surface area (Å²) in [6.45, 7) is 1.86. The fourth-order valence-electron chi connectivity index (χ4n) is 3.41. The molecule has 1 aromatic heterocycles. The number of carbonyl (C=O) groups excluding carboxylic acids is 1. The Bertz CT molecular complexity index is 1110. The van der Waals surface area contributed by atoms with Crippen molar-refractivity contribution in [3.05, 3.63) is 70.0 Å². The highest BCUT2D eigenvalue weighted by Gasteiger charge is 2.34. The Balaban J connectivity index is 1.70. The van der Waals surface area contributed by atoms with Gasteiger partial charge in [0.05, 0.1) is 36.4 Å². The van der Waals surface area contributed by atoms with Gasteiger partial charge in [0, 0.05) is 16.7 Å². The molecule has 0 spiro atoms. The maximum atomic E-state index is 12.1. The van der Waals surface area contributed by atoms with Gasteiger partial charge in [0.1, 0.15) is 10.8 Å². The molecule has 0 aliphatic carbocycles. The van der Waals surface area contributed by atoms with Gasteiger partial charge in [-0.2, -0.15) is 5.26 Å². The number of hydrogen-bond donors (Lipinski definition) is 1. The number of methoxy groups -OCH3 is 1. The highest BCUT2D eigenvalue weighted by molar-refractivity contribution is 7.10. The van der Waals surface area contributed by atoms with Crippen LogP contribution in [0.4, 0.5) is 4.79 Å². The van der Waals surface area contributed by atoms with E-state index < -0.39 is 0 Å². The van der Waals surface area contributed by atoms with E-state index in [0.717, 1.165) is 33.3 Å². The van der Waals surface area contributed by atoms with Crippen molar-refractivity contribution < 1.29 is 9.53 Å². The first kappa shape index (κ1) is 18.8. The molecular weight excluding hydrogens is 384 g/mol. The van der Waals surface area contributed by atoms with Gasteiger partial charge in [-0.25, -0.2) is 14.8 Å². The van der Waals surface area contributed by atoms with Crippen LogP contribution in [0.5, 0.6) is 5.75 Å². The number of nitrogens with one attached hydrogen (secondary N) is 1. The van der Waals surface area contributed by atoms with Crippen molar-refractivity contribution in [2.24, 2.45) is 4.99 Å². The number of aromatic nitrogens is 1. The van der Waals surface area contributed by atoms with Gasteiger partial charge in [-0.3, -0.25) is 0 Å². The SMILES string of the molecule is COc1ccc(C2NC(=O)N=C(C)C2c2nc(-c3ccc(C#N)cc3)cs2)cc1. The molecule has 0 saturated carbocycles. The number of ether oxygens (including phenoxy) is 1. The van der Waals surface area contributed by atoms with Crippen LogP contribution in [0.1, 0.15) is 35.0 Å². The van der Waals surface area contributed by atoms with E-state index >= 15 is 0 Å². The summed E-state index contributed by atoms with van der Waals surface area (Å²) in [5.41, 5.74) is 4.10. The number of thiazole rings is 1. The first-order valence-electron chi connectivity index (χ1n) is 9.04. The van der Waals surface area contributed by atoms with Crippen LogP contribution < -0.4 is 10.1 Å². The molecule has 6 nitrogen and oxygen atoms in total. The lowest BCUT2D eigenvalue weighted by molar-refractivity contribution is 0.243. The summed E-state index contributed by atoms with van der Waals surface area (Å²) in [6, 6.07) is 16.5. The molecule has 0 fully saturated rings. The molecule has 2 amide bonds. The highest BCUT2D eigenvalue weighted by atomic mass is 32.1. The van der Waals surface area contributed by atoms with Crippen molar-refractivity contribution in [1.29, 1.82) is 5.26 Å². The van der Waals surface area contributed by atoms with Gasteiger partial charge in [0.2, 0.25) is 0 Å². The lowest BCUT2D eigenvalue weighted by Crippen LogP contribution is -2.38. The average molecular weight is 402 g/mol. The number of hydrogen-bond acceptors (Lipinski definition) is 5. The predicted octanol–water partition coefficient (Wildman–Crippen LogP) is 4.70. The van der Waals surface area contributed by atoms with E-state index in [1.165, 1.54) is 11.3 Å². The third kappa shape index (κ3) is 3.75. The first-order valence-corrected chi connectivity index (χ1v) is 9.92. The highest BCUT2D eigenvalue weighted by Crippen LogP contribution is 2.38. The van der Waals surface area contributed by atoms with Gasteiger partial charge in [-0.05, 0) is 36.8 Å². The summed E-state index contributed by atoms with van der Waals surface area (Å²) in [5, 5.41) is 14.8. The second-order valence-corrected chi connectivity index (χ2v) is 7.58. The molecule has 144 valence electrons. The largest absolute Gasteiger partial charge is 0.497 e. The Morgan fingerprint density at radius 3 is 2.52 bits per heavy atom. The van der Waals surface area contributed by atoms with Crippen molar-refractivity contribution in [1.82, 2.24) is 10.3 Å². The van der Waals surface area contributed by atoms with Crippen LogP contribution in [0.2, 0.25) is 0 Å². The van der Waals surface area contributed by atoms with E-state index in [0.29, 0.717) is 5.56 Å².